The molecule has 0 aliphatic rings. The Labute approximate surface area is 106 Å². The van der Waals surface area contributed by atoms with Crippen LogP contribution in [0.5, 0.6) is 0 Å². The number of nitrogens with zero attached hydrogens (tertiary/aromatic N) is 4. The van der Waals surface area contributed by atoms with Crippen LogP contribution in [0.2, 0.25) is 0 Å². The zero-order valence-corrected chi connectivity index (χ0v) is 10.7. The number of aryl methyl sites for hydroxylation is 2. The molecule has 2 heterocycles. The van der Waals surface area contributed by atoms with Crippen molar-refractivity contribution in [2.75, 3.05) is 11.1 Å². The van der Waals surface area contributed by atoms with E-state index in [0.29, 0.717) is 12.4 Å². The number of nitrogens with one attached hydrogen (secondary N) is 1. The quantitative estimate of drug-likeness (QED) is 0.832. The average Bonchev–Trinajstić information content (AvgIpc) is 2.72. The number of anilines is 2. The Morgan fingerprint density at radius 2 is 2.22 bits per heavy atom. The fourth-order valence-corrected chi connectivity index (χ4v) is 1.68. The minimum atomic E-state index is 0.497. The van der Waals surface area contributed by atoms with Gasteiger partial charge in [-0.2, -0.15) is 5.10 Å². The summed E-state index contributed by atoms with van der Waals surface area (Å²) in [5.74, 6) is 2.02. The maximum atomic E-state index is 5.75. The number of hydrogen-bond donors (Lipinski definition) is 2. The number of nitrogens with two attached hydrogens (primary N) is 1. The second-order valence-electron chi connectivity index (χ2n) is 4.18. The largest absolute Gasteiger partial charge is 0.384 e. The van der Waals surface area contributed by atoms with E-state index in [2.05, 4.69) is 27.3 Å². The normalized spacial score (nSPS) is 10.6. The molecule has 96 valence electrons. The lowest BCUT2D eigenvalue weighted by Gasteiger charge is -2.06. The van der Waals surface area contributed by atoms with Gasteiger partial charge in [0, 0.05) is 25.7 Å². The lowest BCUT2D eigenvalue weighted by molar-refractivity contribution is 0.746. The Hall–Kier alpha value is -2.11. The van der Waals surface area contributed by atoms with Gasteiger partial charge in [0.05, 0.1) is 12.2 Å². The summed E-state index contributed by atoms with van der Waals surface area (Å²) in [5, 5.41) is 7.49. The topological polar surface area (TPSA) is 81.6 Å². The van der Waals surface area contributed by atoms with Gasteiger partial charge in [-0.3, -0.25) is 4.68 Å². The minimum Gasteiger partial charge on any atom is -0.384 e. The minimum absolute atomic E-state index is 0.497. The van der Waals surface area contributed by atoms with E-state index in [-0.39, 0.29) is 0 Å². The van der Waals surface area contributed by atoms with Gasteiger partial charge in [-0.05, 0) is 12.5 Å². The van der Waals surface area contributed by atoms with Crippen molar-refractivity contribution in [1.29, 1.82) is 0 Å². The molecule has 0 aromatic carbocycles. The van der Waals surface area contributed by atoms with Gasteiger partial charge in [0.25, 0.3) is 0 Å². The summed E-state index contributed by atoms with van der Waals surface area (Å²) in [6.07, 6.45) is 3.75. The van der Waals surface area contributed by atoms with Crippen LogP contribution in [0.1, 0.15) is 24.9 Å². The average molecular weight is 246 g/mol. The van der Waals surface area contributed by atoms with Crippen molar-refractivity contribution in [2.24, 2.45) is 7.05 Å². The molecule has 0 radical (unpaired) electrons. The fourth-order valence-electron chi connectivity index (χ4n) is 1.68. The van der Waals surface area contributed by atoms with E-state index in [9.17, 15) is 0 Å². The predicted octanol–water partition coefficient (Wildman–Crippen LogP) is 1.36. The lowest BCUT2D eigenvalue weighted by atomic mass is 10.3. The summed E-state index contributed by atoms with van der Waals surface area (Å²) in [7, 11) is 1.89. The molecule has 0 amide bonds. The van der Waals surface area contributed by atoms with E-state index in [4.69, 9.17) is 5.73 Å². The van der Waals surface area contributed by atoms with Crippen molar-refractivity contribution in [3.63, 3.8) is 0 Å². The number of nitrogen functional groups attached to an aromatic ring is 1. The van der Waals surface area contributed by atoms with Crippen LogP contribution in [0.15, 0.2) is 18.3 Å². The van der Waals surface area contributed by atoms with Crippen molar-refractivity contribution in [1.82, 2.24) is 19.7 Å². The Kier molecular flexibility index (Phi) is 3.76. The second kappa shape index (κ2) is 5.48. The van der Waals surface area contributed by atoms with Gasteiger partial charge in [0.15, 0.2) is 0 Å². The molecule has 0 bridgehead atoms. The van der Waals surface area contributed by atoms with Gasteiger partial charge in [0.1, 0.15) is 17.5 Å². The molecular weight excluding hydrogens is 228 g/mol. The molecule has 0 unspecified atom stereocenters. The standard InChI is InChI=1S/C12H18N6/c1-3-4-11-15-10(13)7-12(16-11)14-8-9-5-6-18(2)17-9/h5-7H,3-4,8H2,1-2H3,(H3,13,14,15,16). The molecule has 0 atom stereocenters. The summed E-state index contributed by atoms with van der Waals surface area (Å²) < 4.78 is 1.77. The molecule has 6 heteroatoms. The predicted molar refractivity (Wildman–Crippen MR) is 71.0 cm³/mol. The van der Waals surface area contributed by atoms with Crippen LogP contribution in [-0.4, -0.2) is 19.7 Å². The summed E-state index contributed by atoms with van der Waals surface area (Å²) >= 11 is 0. The van der Waals surface area contributed by atoms with Crippen LogP contribution in [-0.2, 0) is 20.0 Å². The number of rotatable bonds is 5. The summed E-state index contributed by atoms with van der Waals surface area (Å²) in [6, 6.07) is 3.70. The Morgan fingerprint density at radius 3 is 2.89 bits per heavy atom. The van der Waals surface area contributed by atoms with E-state index >= 15 is 0 Å². The highest BCUT2D eigenvalue weighted by Crippen LogP contribution is 2.10. The molecule has 6 nitrogen and oxygen atoms in total. The summed E-state index contributed by atoms with van der Waals surface area (Å²) in [4.78, 5) is 8.60. The smallest absolute Gasteiger partial charge is 0.133 e. The first-order chi connectivity index (χ1) is 8.67. The molecule has 0 spiro atoms. The van der Waals surface area contributed by atoms with Gasteiger partial charge in [-0.1, -0.05) is 6.92 Å². The van der Waals surface area contributed by atoms with Crippen molar-refractivity contribution in [3.05, 3.63) is 29.8 Å². The van der Waals surface area contributed by atoms with Crippen molar-refractivity contribution in [3.8, 4) is 0 Å². The van der Waals surface area contributed by atoms with Crippen LogP contribution in [0, 0.1) is 0 Å². The van der Waals surface area contributed by atoms with Gasteiger partial charge in [-0.25, -0.2) is 9.97 Å². The molecule has 0 saturated heterocycles. The maximum absolute atomic E-state index is 5.75. The highest BCUT2D eigenvalue weighted by atomic mass is 15.3. The van der Waals surface area contributed by atoms with Crippen molar-refractivity contribution >= 4 is 11.6 Å². The molecule has 18 heavy (non-hydrogen) atoms. The Balaban J connectivity index is 2.04. The highest BCUT2D eigenvalue weighted by molar-refractivity contribution is 5.44. The third kappa shape index (κ3) is 3.19. The van der Waals surface area contributed by atoms with E-state index < -0.39 is 0 Å². The van der Waals surface area contributed by atoms with E-state index in [1.807, 2.05) is 19.3 Å². The van der Waals surface area contributed by atoms with Crippen LogP contribution in [0.25, 0.3) is 0 Å². The Morgan fingerprint density at radius 1 is 1.39 bits per heavy atom. The van der Waals surface area contributed by atoms with Gasteiger partial charge < -0.3 is 11.1 Å². The van der Waals surface area contributed by atoms with Crippen LogP contribution < -0.4 is 11.1 Å². The second-order valence-corrected chi connectivity index (χ2v) is 4.18. The molecule has 2 aromatic rings. The Bertz CT molecular complexity index is 519. The van der Waals surface area contributed by atoms with Gasteiger partial charge in [0.2, 0.25) is 0 Å². The van der Waals surface area contributed by atoms with Gasteiger partial charge >= 0.3 is 0 Å². The molecular formula is C12H18N6. The fraction of sp³-hybridized carbons (Fsp3) is 0.417. The zero-order valence-electron chi connectivity index (χ0n) is 10.7. The molecule has 0 fully saturated rings. The van der Waals surface area contributed by atoms with Crippen LogP contribution >= 0.6 is 0 Å². The third-order valence-corrected chi connectivity index (χ3v) is 2.49. The first-order valence-electron chi connectivity index (χ1n) is 6.03. The number of hydrogen-bond acceptors (Lipinski definition) is 5. The van der Waals surface area contributed by atoms with Crippen molar-refractivity contribution < 1.29 is 0 Å². The van der Waals surface area contributed by atoms with Crippen LogP contribution in [0.3, 0.4) is 0 Å². The molecule has 0 aliphatic carbocycles. The number of aromatic nitrogens is 4. The van der Waals surface area contributed by atoms with Crippen LogP contribution in [0.4, 0.5) is 11.6 Å². The van der Waals surface area contributed by atoms with E-state index in [0.717, 1.165) is 30.2 Å². The van der Waals surface area contributed by atoms with E-state index in [1.54, 1.807) is 10.7 Å². The monoisotopic (exact) mass is 246 g/mol. The first-order valence-corrected chi connectivity index (χ1v) is 6.03. The summed E-state index contributed by atoms with van der Waals surface area (Å²) in [5.41, 5.74) is 6.72. The first kappa shape index (κ1) is 12.3. The van der Waals surface area contributed by atoms with Crippen molar-refractivity contribution in [2.45, 2.75) is 26.3 Å². The molecule has 2 aromatic heterocycles. The lowest BCUT2D eigenvalue weighted by Crippen LogP contribution is -2.07. The van der Waals surface area contributed by atoms with Gasteiger partial charge in [-0.15, -0.1) is 0 Å². The molecule has 0 aliphatic heterocycles. The van der Waals surface area contributed by atoms with E-state index in [1.165, 1.54) is 0 Å². The highest BCUT2D eigenvalue weighted by Gasteiger charge is 2.03. The molecule has 2 rings (SSSR count). The summed E-state index contributed by atoms with van der Waals surface area (Å²) in [6.45, 7) is 2.72. The SMILES string of the molecule is CCCc1nc(N)cc(NCc2ccn(C)n2)n1. The third-order valence-electron chi connectivity index (χ3n) is 2.49. The maximum Gasteiger partial charge on any atom is 0.133 e. The molecule has 3 N–H and O–H groups in total. The zero-order chi connectivity index (χ0) is 13.0. The molecule has 0 saturated carbocycles.